The average molecular weight is 367 g/mol. The fourth-order valence-corrected chi connectivity index (χ4v) is 3.41. The Morgan fingerprint density at radius 2 is 2.17 bits per heavy atom. The van der Waals surface area contributed by atoms with E-state index in [1.54, 1.807) is 25.3 Å². The molecule has 0 unspecified atom stereocenters. The van der Waals surface area contributed by atoms with E-state index in [1.807, 2.05) is 13.0 Å². The molecule has 8 heteroatoms. The van der Waals surface area contributed by atoms with Gasteiger partial charge in [0.05, 0.1) is 25.0 Å². The van der Waals surface area contributed by atoms with Gasteiger partial charge in [-0.1, -0.05) is 30.0 Å². The molecule has 1 N–H and O–H groups in total. The summed E-state index contributed by atoms with van der Waals surface area (Å²) in [6.45, 7) is 2.48. The van der Waals surface area contributed by atoms with Gasteiger partial charge in [0.1, 0.15) is 4.32 Å². The number of methoxy groups -OCH3 is 1. The van der Waals surface area contributed by atoms with Gasteiger partial charge in [0, 0.05) is 6.54 Å². The summed E-state index contributed by atoms with van der Waals surface area (Å²) in [5.41, 5.74) is 0.772. The molecule has 1 aliphatic heterocycles. The molecule has 1 aromatic carbocycles. The highest BCUT2D eigenvalue weighted by atomic mass is 32.2. The summed E-state index contributed by atoms with van der Waals surface area (Å²) in [5, 5.41) is 8.75. The van der Waals surface area contributed by atoms with Gasteiger partial charge < -0.3 is 14.6 Å². The van der Waals surface area contributed by atoms with Gasteiger partial charge in [-0.2, -0.15) is 0 Å². The first kappa shape index (κ1) is 18.3. The summed E-state index contributed by atoms with van der Waals surface area (Å²) in [6, 6.07) is 5.37. The maximum atomic E-state index is 12.4. The number of thioether (sulfide) groups is 1. The minimum absolute atomic E-state index is 0.0734. The van der Waals surface area contributed by atoms with Gasteiger partial charge in [-0.25, -0.2) is 0 Å². The molecule has 0 aromatic heterocycles. The number of carboxylic acids is 1. The van der Waals surface area contributed by atoms with Crippen LogP contribution in [0.5, 0.6) is 11.5 Å². The van der Waals surface area contributed by atoms with Gasteiger partial charge in [0.25, 0.3) is 5.91 Å². The number of ether oxygens (including phenoxy) is 2. The standard InChI is InChI=1S/C16H17NO5S2/c1-3-22-11-5-4-10(8-12(11)21-2)9-13-15(20)17(16(23)24-13)7-6-14(18)19/h4-5,8-9H,3,6-7H2,1-2H3,(H,18,19)/b13-9-. The zero-order chi connectivity index (χ0) is 17.7. The Bertz CT molecular complexity index is 702. The minimum Gasteiger partial charge on any atom is -0.493 e. The molecule has 0 atom stereocenters. The van der Waals surface area contributed by atoms with E-state index in [0.717, 1.165) is 17.3 Å². The van der Waals surface area contributed by atoms with Crippen molar-refractivity contribution in [2.75, 3.05) is 20.3 Å². The number of carbonyl (C=O) groups is 2. The largest absolute Gasteiger partial charge is 0.493 e. The smallest absolute Gasteiger partial charge is 0.305 e. The average Bonchev–Trinajstić information content (AvgIpc) is 2.80. The third kappa shape index (κ3) is 4.27. The highest BCUT2D eigenvalue weighted by Crippen LogP contribution is 2.34. The number of hydrogen-bond acceptors (Lipinski definition) is 6. The molecule has 1 heterocycles. The van der Waals surface area contributed by atoms with E-state index in [0.29, 0.717) is 27.3 Å². The highest BCUT2D eigenvalue weighted by molar-refractivity contribution is 8.26. The third-order valence-electron chi connectivity index (χ3n) is 3.21. The van der Waals surface area contributed by atoms with Gasteiger partial charge in [-0.15, -0.1) is 0 Å². The molecule has 1 amide bonds. The van der Waals surface area contributed by atoms with Crippen LogP contribution in [-0.2, 0) is 9.59 Å². The van der Waals surface area contributed by atoms with Gasteiger partial charge in [0.15, 0.2) is 11.5 Å². The monoisotopic (exact) mass is 367 g/mol. The van der Waals surface area contributed by atoms with Crippen LogP contribution in [0.25, 0.3) is 6.08 Å². The SMILES string of the molecule is CCOc1ccc(/C=C2\SC(=S)N(CCC(=O)O)C2=O)cc1OC. The number of aliphatic carboxylic acids is 1. The van der Waals surface area contributed by atoms with Gasteiger partial charge in [-0.3, -0.25) is 14.5 Å². The molecule has 1 saturated heterocycles. The second-order valence-electron chi connectivity index (χ2n) is 4.82. The molecule has 0 saturated carbocycles. The zero-order valence-corrected chi connectivity index (χ0v) is 14.9. The van der Waals surface area contributed by atoms with Crippen LogP contribution in [-0.4, -0.2) is 46.5 Å². The van der Waals surface area contributed by atoms with Crippen molar-refractivity contribution in [3.63, 3.8) is 0 Å². The number of carbonyl (C=O) groups excluding carboxylic acids is 1. The maximum Gasteiger partial charge on any atom is 0.305 e. The van der Waals surface area contributed by atoms with Crippen molar-refractivity contribution >= 4 is 46.3 Å². The molecule has 0 spiro atoms. The summed E-state index contributed by atoms with van der Waals surface area (Å²) < 4.78 is 11.1. The zero-order valence-electron chi connectivity index (χ0n) is 13.3. The van der Waals surface area contributed by atoms with E-state index in [1.165, 1.54) is 4.90 Å². The summed E-state index contributed by atoms with van der Waals surface area (Å²) in [4.78, 5) is 24.8. The Labute approximate surface area is 149 Å². The lowest BCUT2D eigenvalue weighted by atomic mass is 10.2. The second kappa shape index (κ2) is 8.16. The molecule has 0 radical (unpaired) electrons. The van der Waals surface area contributed by atoms with Crippen LogP contribution in [0, 0.1) is 0 Å². The first-order valence-corrected chi connectivity index (χ1v) is 8.46. The molecule has 24 heavy (non-hydrogen) atoms. The lowest BCUT2D eigenvalue weighted by Gasteiger charge is -2.12. The molecule has 1 aromatic rings. The number of thiocarbonyl (C=S) groups is 1. The van der Waals surface area contributed by atoms with E-state index in [-0.39, 0.29) is 18.9 Å². The normalized spacial score (nSPS) is 15.9. The maximum absolute atomic E-state index is 12.4. The topological polar surface area (TPSA) is 76.1 Å². The van der Waals surface area contributed by atoms with Crippen molar-refractivity contribution in [1.29, 1.82) is 0 Å². The van der Waals surface area contributed by atoms with E-state index in [4.69, 9.17) is 26.8 Å². The number of carboxylic acid groups (broad SMARTS) is 1. The Morgan fingerprint density at radius 3 is 2.79 bits per heavy atom. The summed E-state index contributed by atoms with van der Waals surface area (Å²) in [5.74, 6) is -0.0403. The molecule has 6 nitrogen and oxygen atoms in total. The molecular formula is C16H17NO5S2. The number of benzene rings is 1. The number of rotatable bonds is 7. The number of hydrogen-bond donors (Lipinski definition) is 1. The van der Waals surface area contributed by atoms with Crippen molar-refractivity contribution in [2.24, 2.45) is 0 Å². The van der Waals surface area contributed by atoms with Gasteiger partial charge >= 0.3 is 5.97 Å². The van der Waals surface area contributed by atoms with Crippen LogP contribution in [0.3, 0.4) is 0 Å². The lowest BCUT2D eigenvalue weighted by Crippen LogP contribution is -2.30. The van der Waals surface area contributed by atoms with Crippen LogP contribution in [0.15, 0.2) is 23.1 Å². The summed E-state index contributed by atoms with van der Waals surface area (Å²) in [7, 11) is 1.55. The van der Waals surface area contributed by atoms with Crippen molar-refractivity contribution in [3.05, 3.63) is 28.7 Å². The van der Waals surface area contributed by atoms with Crippen molar-refractivity contribution < 1.29 is 24.2 Å². The van der Waals surface area contributed by atoms with Crippen LogP contribution < -0.4 is 9.47 Å². The highest BCUT2D eigenvalue weighted by Gasteiger charge is 2.32. The van der Waals surface area contributed by atoms with Crippen LogP contribution >= 0.6 is 24.0 Å². The Hall–Kier alpha value is -2.06. The third-order valence-corrected chi connectivity index (χ3v) is 4.59. The molecule has 1 aliphatic rings. The molecule has 2 rings (SSSR count). The van der Waals surface area contributed by atoms with Crippen LogP contribution in [0.1, 0.15) is 18.9 Å². The molecule has 0 bridgehead atoms. The summed E-state index contributed by atoms with van der Waals surface area (Å²) >= 11 is 6.32. The van der Waals surface area contributed by atoms with E-state index in [2.05, 4.69) is 0 Å². The minimum atomic E-state index is -0.968. The molecule has 0 aliphatic carbocycles. The molecule has 128 valence electrons. The predicted octanol–water partition coefficient (Wildman–Crippen LogP) is 2.77. The lowest BCUT2D eigenvalue weighted by molar-refractivity contribution is -0.137. The number of nitrogens with zero attached hydrogens (tertiary/aromatic N) is 1. The van der Waals surface area contributed by atoms with Gasteiger partial charge in [0.2, 0.25) is 0 Å². The first-order valence-electron chi connectivity index (χ1n) is 7.24. The fourth-order valence-electron chi connectivity index (χ4n) is 2.10. The van der Waals surface area contributed by atoms with Crippen molar-refractivity contribution in [2.45, 2.75) is 13.3 Å². The summed E-state index contributed by atoms with van der Waals surface area (Å²) in [6.07, 6.45) is 1.56. The Kier molecular flexibility index (Phi) is 6.22. The van der Waals surface area contributed by atoms with Crippen LogP contribution in [0.2, 0.25) is 0 Å². The predicted molar refractivity (Wildman–Crippen MR) is 96.3 cm³/mol. The van der Waals surface area contributed by atoms with E-state index >= 15 is 0 Å². The Balaban J connectivity index is 2.20. The van der Waals surface area contributed by atoms with E-state index < -0.39 is 5.97 Å². The second-order valence-corrected chi connectivity index (χ2v) is 6.50. The molecular weight excluding hydrogens is 350 g/mol. The Morgan fingerprint density at radius 1 is 1.42 bits per heavy atom. The first-order chi connectivity index (χ1) is 11.5. The van der Waals surface area contributed by atoms with Crippen LogP contribution in [0.4, 0.5) is 0 Å². The molecule has 1 fully saturated rings. The van der Waals surface area contributed by atoms with E-state index in [9.17, 15) is 9.59 Å². The van der Waals surface area contributed by atoms with Crippen molar-refractivity contribution in [3.8, 4) is 11.5 Å². The van der Waals surface area contributed by atoms with Gasteiger partial charge in [-0.05, 0) is 30.7 Å². The quantitative estimate of drug-likeness (QED) is 0.586. The van der Waals surface area contributed by atoms with Crippen molar-refractivity contribution in [1.82, 2.24) is 4.90 Å². The number of amides is 1. The fraction of sp³-hybridized carbons (Fsp3) is 0.312.